The van der Waals surface area contributed by atoms with Gasteiger partial charge in [-0.1, -0.05) is 11.6 Å². The topological polar surface area (TPSA) is 38.3 Å². The summed E-state index contributed by atoms with van der Waals surface area (Å²) < 4.78 is 42.3. The van der Waals surface area contributed by atoms with Crippen LogP contribution in [-0.2, 0) is 15.7 Å². The molecule has 1 aromatic carbocycles. The summed E-state index contributed by atoms with van der Waals surface area (Å²) in [5.41, 5.74) is -1.88. The van der Waals surface area contributed by atoms with Gasteiger partial charge in [-0.05, 0) is 32.0 Å². The van der Waals surface area contributed by atoms with Crippen LogP contribution in [0.2, 0.25) is 5.02 Å². The Morgan fingerprint density at radius 2 is 1.89 bits per heavy atom. The van der Waals surface area contributed by atoms with E-state index in [-0.39, 0.29) is 10.7 Å². The number of benzene rings is 1. The molecule has 0 aliphatic heterocycles. The maximum Gasteiger partial charge on any atom is 0.416 e. The van der Waals surface area contributed by atoms with Gasteiger partial charge in [-0.3, -0.25) is 4.79 Å². The van der Waals surface area contributed by atoms with Gasteiger partial charge in [-0.15, -0.1) is 0 Å². The van der Waals surface area contributed by atoms with E-state index in [1.54, 1.807) is 0 Å². The molecule has 1 aromatic rings. The van der Waals surface area contributed by atoms with Crippen molar-refractivity contribution in [2.75, 3.05) is 12.4 Å². The fraction of sp³-hybridized carbons (Fsp3) is 0.417. The van der Waals surface area contributed by atoms with Gasteiger partial charge in [0.15, 0.2) is 0 Å². The summed E-state index contributed by atoms with van der Waals surface area (Å²) in [5, 5.41) is 2.23. The largest absolute Gasteiger partial charge is 0.416 e. The minimum Gasteiger partial charge on any atom is -0.369 e. The quantitative estimate of drug-likeness (QED) is 0.923. The van der Waals surface area contributed by atoms with Crippen LogP contribution in [0.15, 0.2) is 18.2 Å². The highest BCUT2D eigenvalue weighted by atomic mass is 35.5. The Labute approximate surface area is 113 Å². The summed E-state index contributed by atoms with van der Waals surface area (Å²) in [6.45, 7) is 3.06. The standard InChI is InChI=1S/C12H13ClF3NO2/c1-11(2,19-3)10(18)17-9-5-4-7(6-8(9)13)12(14,15)16/h4-6H,1-3H3,(H,17,18). The maximum atomic E-state index is 12.4. The van der Waals surface area contributed by atoms with E-state index in [4.69, 9.17) is 16.3 Å². The molecule has 0 bridgehead atoms. The predicted octanol–water partition coefficient (Wildman–Crippen LogP) is 3.72. The third kappa shape index (κ3) is 3.84. The summed E-state index contributed by atoms with van der Waals surface area (Å²) in [4.78, 5) is 11.8. The lowest BCUT2D eigenvalue weighted by molar-refractivity contribution is -0.137. The van der Waals surface area contributed by atoms with Crippen LogP contribution in [0.25, 0.3) is 0 Å². The van der Waals surface area contributed by atoms with E-state index < -0.39 is 23.2 Å². The molecule has 1 amide bonds. The van der Waals surface area contributed by atoms with Crippen LogP contribution in [0.5, 0.6) is 0 Å². The van der Waals surface area contributed by atoms with Crippen LogP contribution in [0.1, 0.15) is 19.4 Å². The molecule has 0 heterocycles. The molecule has 1 rings (SSSR count). The summed E-state index contributed by atoms with van der Waals surface area (Å²) in [7, 11) is 1.36. The molecule has 19 heavy (non-hydrogen) atoms. The fourth-order valence-corrected chi connectivity index (χ4v) is 1.39. The second-order valence-electron chi connectivity index (χ2n) is 4.36. The molecule has 0 saturated carbocycles. The molecule has 0 atom stereocenters. The van der Waals surface area contributed by atoms with Crippen molar-refractivity contribution in [2.45, 2.75) is 25.6 Å². The Balaban J connectivity index is 2.96. The van der Waals surface area contributed by atoms with Gasteiger partial charge in [0.1, 0.15) is 5.60 Å². The molecule has 0 aliphatic rings. The number of carbonyl (C=O) groups excluding carboxylic acids is 1. The van der Waals surface area contributed by atoms with Crippen molar-refractivity contribution in [1.29, 1.82) is 0 Å². The molecule has 0 radical (unpaired) electrons. The summed E-state index contributed by atoms with van der Waals surface area (Å²) in [5.74, 6) is -0.503. The number of amides is 1. The van der Waals surface area contributed by atoms with Crippen LogP contribution >= 0.6 is 11.6 Å². The SMILES string of the molecule is COC(C)(C)C(=O)Nc1ccc(C(F)(F)F)cc1Cl. The Bertz CT molecular complexity index is 486. The molecule has 106 valence electrons. The zero-order valence-corrected chi connectivity index (χ0v) is 11.3. The van der Waals surface area contributed by atoms with Crippen molar-refractivity contribution < 1.29 is 22.7 Å². The van der Waals surface area contributed by atoms with Crippen LogP contribution in [0, 0.1) is 0 Å². The number of hydrogen-bond donors (Lipinski definition) is 1. The molecule has 0 saturated heterocycles. The highest BCUT2D eigenvalue weighted by Gasteiger charge is 2.32. The molecule has 1 N–H and O–H groups in total. The van der Waals surface area contributed by atoms with Crippen LogP contribution in [0.3, 0.4) is 0 Å². The van der Waals surface area contributed by atoms with Crippen molar-refractivity contribution in [1.82, 2.24) is 0 Å². The van der Waals surface area contributed by atoms with E-state index in [0.29, 0.717) is 0 Å². The normalized spacial score (nSPS) is 12.4. The number of anilines is 1. The molecule has 0 unspecified atom stereocenters. The summed E-state index contributed by atoms with van der Waals surface area (Å²) in [6, 6.07) is 2.72. The molecule has 0 spiro atoms. The van der Waals surface area contributed by atoms with Gasteiger partial charge in [-0.25, -0.2) is 0 Å². The van der Waals surface area contributed by atoms with Gasteiger partial charge in [0, 0.05) is 7.11 Å². The monoisotopic (exact) mass is 295 g/mol. The molecule has 0 aliphatic carbocycles. The zero-order chi connectivity index (χ0) is 14.8. The third-order valence-corrected chi connectivity index (χ3v) is 2.91. The number of hydrogen-bond acceptors (Lipinski definition) is 2. The Morgan fingerprint density at radius 3 is 2.32 bits per heavy atom. The lowest BCUT2D eigenvalue weighted by Gasteiger charge is -2.22. The number of alkyl halides is 3. The average molecular weight is 296 g/mol. The van der Waals surface area contributed by atoms with E-state index in [0.717, 1.165) is 18.2 Å². The number of rotatable bonds is 3. The molecular weight excluding hydrogens is 283 g/mol. The van der Waals surface area contributed by atoms with Crippen molar-refractivity contribution in [3.8, 4) is 0 Å². The highest BCUT2D eigenvalue weighted by Crippen LogP contribution is 2.34. The summed E-state index contributed by atoms with van der Waals surface area (Å²) in [6.07, 6.45) is -4.47. The Morgan fingerprint density at radius 1 is 1.32 bits per heavy atom. The highest BCUT2D eigenvalue weighted by molar-refractivity contribution is 6.33. The van der Waals surface area contributed by atoms with Crippen molar-refractivity contribution in [3.63, 3.8) is 0 Å². The van der Waals surface area contributed by atoms with Gasteiger partial charge < -0.3 is 10.1 Å². The zero-order valence-electron chi connectivity index (χ0n) is 10.6. The first-order chi connectivity index (χ1) is 8.58. The number of methoxy groups -OCH3 is 1. The number of nitrogens with one attached hydrogen (secondary N) is 1. The average Bonchev–Trinajstić information content (AvgIpc) is 2.30. The molecule has 0 fully saturated rings. The van der Waals surface area contributed by atoms with Gasteiger partial charge in [0.2, 0.25) is 0 Å². The minimum atomic E-state index is -4.47. The smallest absolute Gasteiger partial charge is 0.369 e. The fourth-order valence-electron chi connectivity index (χ4n) is 1.16. The molecule has 7 heteroatoms. The van der Waals surface area contributed by atoms with Gasteiger partial charge in [0.05, 0.1) is 16.3 Å². The van der Waals surface area contributed by atoms with Crippen molar-refractivity contribution in [2.24, 2.45) is 0 Å². The lowest BCUT2D eigenvalue weighted by atomic mass is 10.1. The van der Waals surface area contributed by atoms with Crippen LogP contribution in [-0.4, -0.2) is 18.6 Å². The van der Waals surface area contributed by atoms with Crippen molar-refractivity contribution >= 4 is 23.2 Å². The Kier molecular flexibility index (Phi) is 4.47. The first-order valence-electron chi connectivity index (χ1n) is 5.31. The minimum absolute atomic E-state index is 0.102. The van der Waals surface area contributed by atoms with Gasteiger partial charge in [-0.2, -0.15) is 13.2 Å². The van der Waals surface area contributed by atoms with E-state index in [1.165, 1.54) is 21.0 Å². The number of ether oxygens (including phenoxy) is 1. The Hall–Kier alpha value is -1.27. The van der Waals surface area contributed by atoms with Crippen molar-refractivity contribution in [3.05, 3.63) is 28.8 Å². The van der Waals surface area contributed by atoms with E-state index in [1.807, 2.05) is 0 Å². The molecular formula is C12H13ClF3NO2. The van der Waals surface area contributed by atoms with Gasteiger partial charge >= 0.3 is 6.18 Å². The molecule has 0 aromatic heterocycles. The number of halogens is 4. The van der Waals surface area contributed by atoms with E-state index >= 15 is 0 Å². The van der Waals surface area contributed by atoms with Crippen LogP contribution in [0.4, 0.5) is 18.9 Å². The second kappa shape index (κ2) is 5.38. The number of carbonyl (C=O) groups is 1. The second-order valence-corrected chi connectivity index (χ2v) is 4.77. The summed E-state index contributed by atoms with van der Waals surface area (Å²) >= 11 is 5.72. The van der Waals surface area contributed by atoms with E-state index in [9.17, 15) is 18.0 Å². The van der Waals surface area contributed by atoms with Gasteiger partial charge in [0.25, 0.3) is 5.91 Å². The lowest BCUT2D eigenvalue weighted by Crippen LogP contribution is -2.38. The first kappa shape index (κ1) is 15.8. The molecule has 3 nitrogen and oxygen atoms in total. The van der Waals surface area contributed by atoms with Crippen LogP contribution < -0.4 is 5.32 Å². The third-order valence-electron chi connectivity index (χ3n) is 2.60. The van der Waals surface area contributed by atoms with E-state index in [2.05, 4.69) is 5.32 Å². The predicted molar refractivity (Wildman–Crippen MR) is 66.2 cm³/mol. The maximum absolute atomic E-state index is 12.4. The first-order valence-corrected chi connectivity index (χ1v) is 5.69.